The molecule has 1 heterocycles. The monoisotopic (exact) mass is 364 g/mol. The Morgan fingerprint density at radius 3 is 2.27 bits per heavy atom. The lowest BCUT2D eigenvalue weighted by Gasteiger charge is -2.32. The van der Waals surface area contributed by atoms with Crippen molar-refractivity contribution in [2.24, 2.45) is 0 Å². The molecule has 0 aromatic heterocycles. The summed E-state index contributed by atoms with van der Waals surface area (Å²) < 4.78 is 13.7. The van der Waals surface area contributed by atoms with Gasteiger partial charge in [0.05, 0.1) is 17.2 Å². The summed E-state index contributed by atoms with van der Waals surface area (Å²) in [5, 5.41) is 9.98. The van der Waals surface area contributed by atoms with Crippen LogP contribution in [0.2, 0.25) is 0 Å². The number of benzene rings is 1. The van der Waals surface area contributed by atoms with Crippen LogP contribution in [0.15, 0.2) is 36.4 Å². The third-order valence-corrected chi connectivity index (χ3v) is 4.53. The molecule has 0 aliphatic carbocycles. The zero-order valence-electron chi connectivity index (χ0n) is 11.8. The van der Waals surface area contributed by atoms with Gasteiger partial charge in [-0.05, 0) is 25.0 Å². The van der Waals surface area contributed by atoms with E-state index in [0.29, 0.717) is 11.8 Å². The van der Waals surface area contributed by atoms with Crippen LogP contribution in [0.5, 0.6) is 0 Å². The van der Waals surface area contributed by atoms with Crippen molar-refractivity contribution < 1.29 is 14.0 Å². The van der Waals surface area contributed by atoms with E-state index in [-0.39, 0.29) is 17.5 Å². The minimum atomic E-state index is -1.79. The Balaban J connectivity index is 2.39. The first-order chi connectivity index (χ1) is 10.5. The van der Waals surface area contributed by atoms with E-state index < -0.39 is 24.0 Å². The molecule has 1 aliphatic heterocycles. The Kier molecular flexibility index (Phi) is 4.77. The molecule has 0 saturated carbocycles. The van der Waals surface area contributed by atoms with Gasteiger partial charge in [-0.25, -0.2) is 4.39 Å². The van der Waals surface area contributed by atoms with Crippen LogP contribution >= 0.6 is 15.9 Å². The maximum absolute atomic E-state index is 13.7. The fraction of sp³-hybridized carbons (Fsp3) is 0.312. The third-order valence-electron chi connectivity index (χ3n) is 3.73. The Morgan fingerprint density at radius 1 is 1.32 bits per heavy atom. The van der Waals surface area contributed by atoms with E-state index in [0.717, 1.165) is 10.5 Å². The van der Waals surface area contributed by atoms with Crippen molar-refractivity contribution in [2.45, 2.75) is 18.4 Å². The fourth-order valence-electron chi connectivity index (χ4n) is 2.40. The van der Waals surface area contributed by atoms with Crippen LogP contribution in [-0.4, -0.2) is 34.3 Å². The molecule has 2 amide bonds. The molecule has 1 unspecified atom stereocenters. The van der Waals surface area contributed by atoms with E-state index >= 15 is 0 Å². The molecular formula is C16H14BrFN2O2. The van der Waals surface area contributed by atoms with Gasteiger partial charge >= 0.3 is 0 Å². The molecule has 0 spiro atoms. The summed E-state index contributed by atoms with van der Waals surface area (Å²) in [6.07, 6.45) is 0.367. The summed E-state index contributed by atoms with van der Waals surface area (Å²) in [6, 6.07) is 8.11. The predicted molar refractivity (Wildman–Crippen MR) is 83.4 cm³/mol. The highest BCUT2D eigenvalue weighted by Gasteiger charge is 2.49. The van der Waals surface area contributed by atoms with Gasteiger partial charge in [0.2, 0.25) is 0 Å². The molecule has 6 heteroatoms. The number of hydrogen-bond donors (Lipinski definition) is 0. The zero-order valence-corrected chi connectivity index (χ0v) is 13.4. The summed E-state index contributed by atoms with van der Waals surface area (Å²) in [6.45, 7) is 2.68. The molecule has 1 atom stereocenters. The molecule has 0 N–H and O–H groups in total. The quantitative estimate of drug-likeness (QED) is 0.442. The van der Waals surface area contributed by atoms with E-state index in [9.17, 15) is 19.2 Å². The number of nitrogens with zero attached hydrogens (tertiary/aromatic N) is 2. The Hall–Kier alpha value is -2.00. The van der Waals surface area contributed by atoms with Crippen molar-refractivity contribution in [3.05, 3.63) is 47.5 Å². The Bertz CT molecular complexity index is 648. The van der Waals surface area contributed by atoms with Gasteiger partial charge in [-0.3, -0.25) is 14.5 Å². The van der Waals surface area contributed by atoms with Gasteiger partial charge in [-0.15, -0.1) is 0 Å². The first-order valence-corrected chi connectivity index (χ1v) is 7.80. The van der Waals surface area contributed by atoms with Crippen LogP contribution in [0.4, 0.5) is 4.39 Å². The summed E-state index contributed by atoms with van der Waals surface area (Å²) in [5.74, 6) is -1.24. The molecule has 1 aliphatic rings. The van der Waals surface area contributed by atoms with Crippen LogP contribution in [0.3, 0.4) is 0 Å². The average Bonchev–Trinajstić information content (AvgIpc) is 2.82. The number of nitriles is 1. The minimum Gasteiger partial charge on any atom is -0.269 e. The van der Waals surface area contributed by atoms with E-state index in [1.807, 2.05) is 6.07 Å². The van der Waals surface area contributed by atoms with Crippen LogP contribution in [0.25, 0.3) is 0 Å². The van der Waals surface area contributed by atoms with E-state index in [1.165, 1.54) is 12.1 Å². The summed E-state index contributed by atoms with van der Waals surface area (Å²) in [7, 11) is 0. The SMILES string of the molecule is C=C(CBr)CCC(C#N)(CF)N1C(=O)c2ccccc2C1=O. The van der Waals surface area contributed by atoms with Crippen molar-refractivity contribution in [1.82, 2.24) is 4.90 Å². The first kappa shape index (κ1) is 16.4. The lowest BCUT2D eigenvalue weighted by Crippen LogP contribution is -2.52. The van der Waals surface area contributed by atoms with Gasteiger partial charge < -0.3 is 0 Å². The molecule has 2 rings (SSSR count). The van der Waals surface area contributed by atoms with Crippen molar-refractivity contribution in [2.75, 3.05) is 12.0 Å². The van der Waals surface area contributed by atoms with E-state index in [1.54, 1.807) is 12.1 Å². The molecule has 1 aromatic carbocycles. The second-order valence-corrected chi connectivity index (χ2v) is 5.71. The number of imide groups is 1. The molecule has 1 aromatic rings. The van der Waals surface area contributed by atoms with Gasteiger partial charge in [0.25, 0.3) is 11.8 Å². The van der Waals surface area contributed by atoms with E-state index in [2.05, 4.69) is 22.5 Å². The van der Waals surface area contributed by atoms with Crippen LogP contribution in [0, 0.1) is 11.3 Å². The molecule has 22 heavy (non-hydrogen) atoms. The molecule has 0 bridgehead atoms. The van der Waals surface area contributed by atoms with Crippen LogP contribution in [-0.2, 0) is 0 Å². The normalized spacial score (nSPS) is 16.1. The van der Waals surface area contributed by atoms with Crippen molar-refractivity contribution >= 4 is 27.7 Å². The van der Waals surface area contributed by atoms with Crippen molar-refractivity contribution in [3.8, 4) is 6.07 Å². The fourth-order valence-corrected chi connectivity index (χ4v) is 2.68. The van der Waals surface area contributed by atoms with Crippen molar-refractivity contribution in [1.29, 1.82) is 5.26 Å². The van der Waals surface area contributed by atoms with Gasteiger partial charge in [0.15, 0.2) is 5.54 Å². The number of carbonyl (C=O) groups excluding carboxylic acids is 2. The highest BCUT2D eigenvalue weighted by molar-refractivity contribution is 9.09. The maximum atomic E-state index is 13.7. The van der Waals surface area contributed by atoms with Gasteiger partial charge in [-0.2, -0.15) is 5.26 Å². The molecule has 0 fully saturated rings. The number of rotatable bonds is 6. The first-order valence-electron chi connectivity index (χ1n) is 6.68. The summed E-state index contributed by atoms with van der Waals surface area (Å²) in [4.78, 5) is 25.6. The Morgan fingerprint density at radius 2 is 1.86 bits per heavy atom. The second-order valence-electron chi connectivity index (χ2n) is 5.15. The molecule has 114 valence electrons. The third kappa shape index (κ3) is 2.57. The second kappa shape index (κ2) is 6.41. The summed E-state index contributed by atoms with van der Waals surface area (Å²) in [5.41, 5.74) is -0.609. The number of hydrogen-bond acceptors (Lipinski definition) is 3. The average molecular weight is 365 g/mol. The number of carbonyl (C=O) groups is 2. The largest absolute Gasteiger partial charge is 0.269 e. The zero-order chi connectivity index (χ0) is 16.3. The number of halogens is 2. The van der Waals surface area contributed by atoms with Gasteiger partial charge in [0.1, 0.15) is 6.67 Å². The number of amides is 2. The van der Waals surface area contributed by atoms with E-state index in [4.69, 9.17) is 0 Å². The topological polar surface area (TPSA) is 61.2 Å². The molecule has 0 radical (unpaired) electrons. The lowest BCUT2D eigenvalue weighted by atomic mass is 9.92. The lowest BCUT2D eigenvalue weighted by molar-refractivity contribution is 0.0452. The molecular weight excluding hydrogens is 351 g/mol. The van der Waals surface area contributed by atoms with Crippen LogP contribution < -0.4 is 0 Å². The van der Waals surface area contributed by atoms with Crippen LogP contribution in [0.1, 0.15) is 33.6 Å². The predicted octanol–water partition coefficient (Wildman–Crippen LogP) is 3.25. The molecule has 0 saturated heterocycles. The molecule has 4 nitrogen and oxygen atoms in total. The highest BCUT2D eigenvalue weighted by Crippen LogP contribution is 2.33. The maximum Gasteiger partial charge on any atom is 0.263 e. The highest BCUT2D eigenvalue weighted by atomic mass is 79.9. The van der Waals surface area contributed by atoms with Crippen molar-refractivity contribution in [3.63, 3.8) is 0 Å². The Labute approximate surface area is 136 Å². The number of allylic oxidation sites excluding steroid dienone is 1. The van der Waals surface area contributed by atoms with Gasteiger partial charge in [-0.1, -0.05) is 40.2 Å². The number of fused-ring (bicyclic) bond motifs is 1. The standard InChI is InChI=1S/C16H14BrFN2O2/c1-11(8-17)6-7-16(9-18,10-19)20-14(21)12-4-2-3-5-13(12)15(20)22/h2-5H,1,6-9H2. The van der Waals surface area contributed by atoms with Gasteiger partial charge in [0, 0.05) is 5.33 Å². The smallest absolute Gasteiger partial charge is 0.263 e. The number of alkyl halides is 2. The summed E-state index contributed by atoms with van der Waals surface area (Å²) >= 11 is 3.23. The minimum absolute atomic E-state index is 0.0237.